The summed E-state index contributed by atoms with van der Waals surface area (Å²) in [4.78, 5) is 36.8. The molecule has 0 radical (unpaired) electrons. The van der Waals surface area contributed by atoms with Gasteiger partial charge < -0.3 is 10.1 Å². The first kappa shape index (κ1) is 21.0. The van der Waals surface area contributed by atoms with Crippen LogP contribution >= 0.6 is 23.4 Å². The van der Waals surface area contributed by atoms with Crippen LogP contribution < -0.4 is 5.32 Å². The minimum atomic E-state index is -0.817. The maximum Gasteiger partial charge on any atom is 0.329 e. The summed E-state index contributed by atoms with van der Waals surface area (Å²) in [5.74, 6) is -0.656. The number of amides is 1. The first-order valence-corrected chi connectivity index (χ1v) is 10.1. The molecule has 0 unspecified atom stereocenters. The van der Waals surface area contributed by atoms with Crippen LogP contribution in [0.5, 0.6) is 0 Å². The van der Waals surface area contributed by atoms with E-state index in [1.807, 2.05) is 6.26 Å². The van der Waals surface area contributed by atoms with Gasteiger partial charge in [-0.1, -0.05) is 29.8 Å². The number of benzene rings is 2. The Morgan fingerprint density at radius 3 is 2.33 bits per heavy atom. The van der Waals surface area contributed by atoms with Gasteiger partial charge in [0, 0.05) is 16.1 Å². The topological polar surface area (TPSA) is 72.5 Å². The number of rotatable bonds is 9. The second-order valence-corrected chi connectivity index (χ2v) is 7.13. The van der Waals surface area contributed by atoms with Crippen LogP contribution in [0.25, 0.3) is 0 Å². The molecule has 0 aliphatic rings. The molecule has 1 atom stereocenters. The lowest BCUT2D eigenvalue weighted by atomic mass is 10.1. The third-order valence-electron chi connectivity index (χ3n) is 3.75. The number of nitrogens with one attached hydrogen (secondary N) is 1. The van der Waals surface area contributed by atoms with Crippen molar-refractivity contribution in [3.05, 3.63) is 70.7 Å². The highest BCUT2D eigenvalue weighted by Crippen LogP contribution is 2.11. The van der Waals surface area contributed by atoms with Gasteiger partial charge in [0.05, 0.1) is 0 Å². The number of Topliss-reactive ketones (excluding diaryl/α,β-unsaturated/α-hetero) is 1. The fraction of sp³-hybridized carbons (Fsp3) is 0.250. The fourth-order valence-corrected chi connectivity index (χ4v) is 2.87. The van der Waals surface area contributed by atoms with Gasteiger partial charge in [-0.15, -0.1) is 0 Å². The van der Waals surface area contributed by atoms with E-state index in [1.54, 1.807) is 66.4 Å². The van der Waals surface area contributed by atoms with E-state index in [9.17, 15) is 14.4 Å². The smallest absolute Gasteiger partial charge is 0.329 e. The Balaban J connectivity index is 1.96. The lowest BCUT2D eigenvalue weighted by Crippen LogP contribution is -2.42. The molecule has 2 rings (SSSR count). The highest BCUT2D eigenvalue weighted by molar-refractivity contribution is 7.98. The van der Waals surface area contributed by atoms with Crippen molar-refractivity contribution in [1.82, 2.24) is 5.32 Å². The zero-order chi connectivity index (χ0) is 19.6. The predicted molar refractivity (Wildman–Crippen MR) is 107 cm³/mol. The molecule has 1 N–H and O–H groups in total. The molecular formula is C20H20ClNO4S. The van der Waals surface area contributed by atoms with Crippen molar-refractivity contribution in [2.24, 2.45) is 0 Å². The van der Waals surface area contributed by atoms with Gasteiger partial charge in [0.2, 0.25) is 0 Å². The van der Waals surface area contributed by atoms with Gasteiger partial charge >= 0.3 is 5.97 Å². The minimum Gasteiger partial charge on any atom is -0.456 e. The zero-order valence-electron chi connectivity index (χ0n) is 14.8. The number of halogens is 1. The summed E-state index contributed by atoms with van der Waals surface area (Å²) in [6.07, 6.45) is 2.32. The number of ketones is 1. The van der Waals surface area contributed by atoms with Gasteiger partial charge in [-0.25, -0.2) is 4.79 Å². The Bertz CT molecular complexity index is 780. The summed E-state index contributed by atoms with van der Waals surface area (Å²) in [7, 11) is 0. The number of hydrogen-bond donors (Lipinski definition) is 1. The van der Waals surface area contributed by atoms with Crippen molar-refractivity contribution in [2.75, 3.05) is 18.6 Å². The SMILES string of the molecule is CSCC[C@H](NC(=O)c1ccccc1)C(=O)OCC(=O)c1ccc(Cl)cc1. The number of esters is 1. The molecule has 0 saturated heterocycles. The van der Waals surface area contributed by atoms with Crippen LogP contribution in [0.15, 0.2) is 54.6 Å². The van der Waals surface area contributed by atoms with E-state index in [1.165, 1.54) is 0 Å². The second-order valence-electron chi connectivity index (χ2n) is 5.71. The molecule has 0 aromatic heterocycles. The number of hydrogen-bond acceptors (Lipinski definition) is 5. The van der Waals surface area contributed by atoms with Crippen molar-refractivity contribution in [2.45, 2.75) is 12.5 Å². The maximum absolute atomic E-state index is 12.4. The number of carbonyl (C=O) groups excluding carboxylic acids is 3. The summed E-state index contributed by atoms with van der Waals surface area (Å²) in [6, 6.07) is 14.1. The van der Waals surface area contributed by atoms with E-state index in [2.05, 4.69) is 5.32 Å². The lowest BCUT2D eigenvalue weighted by molar-refractivity contribution is -0.144. The van der Waals surface area contributed by atoms with Gasteiger partial charge in [-0.05, 0) is 54.8 Å². The van der Waals surface area contributed by atoms with E-state index in [0.717, 1.165) is 0 Å². The summed E-state index contributed by atoms with van der Waals surface area (Å²) < 4.78 is 5.14. The Morgan fingerprint density at radius 2 is 1.70 bits per heavy atom. The van der Waals surface area contributed by atoms with Gasteiger partial charge in [-0.2, -0.15) is 11.8 Å². The molecule has 0 spiro atoms. The first-order valence-electron chi connectivity index (χ1n) is 8.31. The predicted octanol–water partition coefficient (Wildman–Crippen LogP) is 3.62. The van der Waals surface area contributed by atoms with E-state index < -0.39 is 18.6 Å². The molecule has 2 aromatic carbocycles. The largest absolute Gasteiger partial charge is 0.456 e. The molecule has 0 heterocycles. The van der Waals surface area contributed by atoms with Gasteiger partial charge in [0.15, 0.2) is 12.4 Å². The number of carbonyl (C=O) groups is 3. The summed E-state index contributed by atoms with van der Waals surface area (Å²) in [6.45, 7) is -0.391. The Hall–Kier alpha value is -2.31. The quantitative estimate of drug-likeness (QED) is 0.509. The molecule has 1 amide bonds. The van der Waals surface area contributed by atoms with Crippen LogP contribution in [0.1, 0.15) is 27.1 Å². The monoisotopic (exact) mass is 405 g/mol. The van der Waals surface area contributed by atoms with Gasteiger partial charge in [-0.3, -0.25) is 9.59 Å². The molecule has 2 aromatic rings. The van der Waals surface area contributed by atoms with Crippen molar-refractivity contribution in [1.29, 1.82) is 0 Å². The maximum atomic E-state index is 12.4. The Labute approximate surface area is 167 Å². The van der Waals surface area contributed by atoms with Crippen molar-refractivity contribution < 1.29 is 19.1 Å². The average Bonchev–Trinajstić information content (AvgIpc) is 2.70. The lowest BCUT2D eigenvalue weighted by Gasteiger charge is -2.17. The van der Waals surface area contributed by atoms with E-state index >= 15 is 0 Å². The van der Waals surface area contributed by atoms with Crippen molar-refractivity contribution in [3.63, 3.8) is 0 Å². The molecule has 27 heavy (non-hydrogen) atoms. The molecular weight excluding hydrogens is 386 g/mol. The minimum absolute atomic E-state index is 0.335. The average molecular weight is 406 g/mol. The third-order valence-corrected chi connectivity index (χ3v) is 4.64. The summed E-state index contributed by atoms with van der Waals surface area (Å²) in [5, 5.41) is 3.20. The molecule has 142 valence electrons. The van der Waals surface area contributed by atoms with Crippen LogP contribution in [0, 0.1) is 0 Å². The summed E-state index contributed by atoms with van der Waals surface area (Å²) >= 11 is 7.35. The molecule has 7 heteroatoms. The summed E-state index contributed by atoms with van der Waals surface area (Å²) in [5.41, 5.74) is 0.859. The first-order chi connectivity index (χ1) is 13.0. The fourth-order valence-electron chi connectivity index (χ4n) is 2.27. The standard InChI is InChI=1S/C20H20ClNO4S/c1-27-12-11-17(22-19(24)15-5-3-2-4-6-15)20(25)26-13-18(23)14-7-9-16(21)10-8-14/h2-10,17H,11-13H2,1H3,(H,22,24)/t17-/m0/s1. The van der Waals surface area contributed by atoms with Crippen LogP contribution in [0.2, 0.25) is 5.02 Å². The highest BCUT2D eigenvalue weighted by Gasteiger charge is 2.23. The van der Waals surface area contributed by atoms with Crippen molar-refractivity contribution in [3.8, 4) is 0 Å². The molecule has 0 bridgehead atoms. The van der Waals surface area contributed by atoms with E-state index in [-0.39, 0.29) is 11.7 Å². The second kappa shape index (κ2) is 10.7. The number of thioether (sulfide) groups is 1. The van der Waals surface area contributed by atoms with Gasteiger partial charge in [0.1, 0.15) is 6.04 Å². The molecule has 0 aliphatic heterocycles. The molecule has 5 nitrogen and oxygen atoms in total. The Kier molecular flexibility index (Phi) is 8.36. The van der Waals surface area contributed by atoms with Gasteiger partial charge in [0.25, 0.3) is 5.91 Å². The molecule has 0 aliphatic carbocycles. The highest BCUT2D eigenvalue weighted by atomic mass is 35.5. The third kappa shape index (κ3) is 6.73. The molecule has 0 saturated carbocycles. The van der Waals surface area contributed by atoms with E-state index in [4.69, 9.17) is 16.3 Å². The van der Waals surface area contributed by atoms with Crippen LogP contribution in [0.4, 0.5) is 0 Å². The van der Waals surface area contributed by atoms with Crippen LogP contribution in [-0.2, 0) is 9.53 Å². The zero-order valence-corrected chi connectivity index (χ0v) is 16.4. The normalized spacial score (nSPS) is 11.5. The van der Waals surface area contributed by atoms with Crippen LogP contribution in [-0.4, -0.2) is 42.3 Å². The molecule has 0 fully saturated rings. The number of ether oxygens (including phenoxy) is 1. The van der Waals surface area contributed by atoms with Crippen LogP contribution in [0.3, 0.4) is 0 Å². The Morgan fingerprint density at radius 1 is 1.04 bits per heavy atom. The van der Waals surface area contributed by atoms with Crippen molar-refractivity contribution >= 4 is 41.0 Å². The van der Waals surface area contributed by atoms with E-state index in [0.29, 0.717) is 28.3 Å².